The average Bonchev–Trinajstić information content (AvgIpc) is 2.32. The lowest BCUT2D eigenvalue weighted by Crippen LogP contribution is -2.21. The van der Waals surface area contributed by atoms with E-state index in [1.165, 1.54) is 11.3 Å². The molecule has 0 fully saturated rings. The van der Waals surface area contributed by atoms with Crippen molar-refractivity contribution in [2.45, 2.75) is 25.7 Å². The van der Waals surface area contributed by atoms with Crippen LogP contribution in [-0.2, 0) is 10.2 Å². The van der Waals surface area contributed by atoms with E-state index in [2.05, 4.69) is 20.9 Å². The van der Waals surface area contributed by atoms with Crippen LogP contribution in [0.1, 0.15) is 25.3 Å². The Balaban J connectivity index is 2.86. The van der Waals surface area contributed by atoms with Crippen LogP contribution in [-0.4, -0.2) is 16.1 Å². The Morgan fingerprint density at radius 1 is 1.77 bits per heavy atom. The molecule has 3 nitrogen and oxygen atoms in total. The molecule has 0 amide bonds. The SMILES string of the molecule is CC(C)(CC(=O)O)c1nc(Br)cs1. The molecule has 0 spiro atoms. The molecule has 1 heterocycles. The number of carbonyl (C=O) groups is 1. The molecule has 0 aliphatic carbocycles. The summed E-state index contributed by atoms with van der Waals surface area (Å²) in [5.41, 5.74) is -0.386. The highest BCUT2D eigenvalue weighted by molar-refractivity contribution is 9.10. The predicted molar refractivity (Wildman–Crippen MR) is 55.1 cm³/mol. The van der Waals surface area contributed by atoms with E-state index in [1.807, 2.05) is 19.2 Å². The highest BCUT2D eigenvalue weighted by atomic mass is 79.9. The molecule has 1 aromatic heterocycles. The topological polar surface area (TPSA) is 50.2 Å². The van der Waals surface area contributed by atoms with E-state index in [9.17, 15) is 4.79 Å². The second-order valence-electron chi connectivity index (χ2n) is 3.43. The maximum Gasteiger partial charge on any atom is 0.304 e. The minimum Gasteiger partial charge on any atom is -0.481 e. The molecule has 0 atom stereocenters. The molecular formula is C8H10BrNO2S. The van der Waals surface area contributed by atoms with Crippen LogP contribution in [0.3, 0.4) is 0 Å². The molecule has 0 radical (unpaired) electrons. The molecular weight excluding hydrogens is 254 g/mol. The highest BCUT2D eigenvalue weighted by Gasteiger charge is 2.27. The van der Waals surface area contributed by atoms with Crippen LogP contribution in [0.5, 0.6) is 0 Å². The van der Waals surface area contributed by atoms with Gasteiger partial charge in [0.1, 0.15) is 9.61 Å². The number of carboxylic acid groups (broad SMARTS) is 1. The van der Waals surface area contributed by atoms with Gasteiger partial charge >= 0.3 is 5.97 Å². The van der Waals surface area contributed by atoms with Crippen molar-refractivity contribution < 1.29 is 9.90 Å². The van der Waals surface area contributed by atoms with Crippen LogP contribution >= 0.6 is 27.3 Å². The van der Waals surface area contributed by atoms with Crippen molar-refractivity contribution in [1.82, 2.24) is 4.98 Å². The van der Waals surface area contributed by atoms with Gasteiger partial charge in [-0.15, -0.1) is 11.3 Å². The fourth-order valence-electron chi connectivity index (χ4n) is 1.02. The maximum atomic E-state index is 10.6. The van der Waals surface area contributed by atoms with Gasteiger partial charge in [-0.2, -0.15) is 0 Å². The van der Waals surface area contributed by atoms with E-state index in [0.29, 0.717) is 0 Å². The van der Waals surface area contributed by atoms with Crippen molar-refractivity contribution in [3.63, 3.8) is 0 Å². The second-order valence-corrected chi connectivity index (χ2v) is 5.10. The summed E-state index contributed by atoms with van der Waals surface area (Å²) in [6.07, 6.45) is 0.104. The van der Waals surface area contributed by atoms with Crippen molar-refractivity contribution >= 4 is 33.2 Å². The Kier molecular flexibility index (Phi) is 3.08. The summed E-state index contributed by atoms with van der Waals surface area (Å²) in [5, 5.41) is 11.4. The number of aliphatic carboxylic acids is 1. The fourth-order valence-corrected chi connectivity index (χ4v) is 2.40. The van der Waals surface area contributed by atoms with E-state index in [-0.39, 0.29) is 11.8 Å². The summed E-state index contributed by atoms with van der Waals surface area (Å²) in [7, 11) is 0. The van der Waals surface area contributed by atoms with Gasteiger partial charge in [0.25, 0.3) is 0 Å². The van der Waals surface area contributed by atoms with Gasteiger partial charge in [0, 0.05) is 10.8 Å². The normalized spacial score (nSPS) is 11.6. The molecule has 5 heteroatoms. The Morgan fingerprint density at radius 2 is 2.38 bits per heavy atom. The lowest BCUT2D eigenvalue weighted by Gasteiger charge is -2.18. The summed E-state index contributed by atoms with van der Waals surface area (Å²) in [5.74, 6) is -0.795. The minimum atomic E-state index is -0.795. The summed E-state index contributed by atoms with van der Waals surface area (Å²) >= 11 is 4.72. The first-order valence-corrected chi connectivity index (χ1v) is 5.42. The zero-order valence-corrected chi connectivity index (χ0v) is 9.78. The van der Waals surface area contributed by atoms with Crippen LogP contribution < -0.4 is 0 Å². The Hall–Kier alpha value is -0.420. The molecule has 0 aromatic carbocycles. The van der Waals surface area contributed by atoms with Crippen LogP contribution in [0, 0.1) is 0 Å². The molecule has 0 saturated heterocycles. The molecule has 1 aromatic rings. The summed E-state index contributed by atoms with van der Waals surface area (Å²) in [4.78, 5) is 14.8. The molecule has 1 rings (SSSR count). The van der Waals surface area contributed by atoms with Crippen LogP contribution in [0.2, 0.25) is 0 Å². The lowest BCUT2D eigenvalue weighted by atomic mass is 9.90. The molecule has 72 valence electrons. The fraction of sp³-hybridized carbons (Fsp3) is 0.500. The van der Waals surface area contributed by atoms with Crippen molar-refractivity contribution in [3.8, 4) is 0 Å². The van der Waals surface area contributed by atoms with Gasteiger partial charge in [0.05, 0.1) is 6.42 Å². The monoisotopic (exact) mass is 263 g/mol. The number of nitrogens with zero attached hydrogens (tertiary/aromatic N) is 1. The number of hydrogen-bond donors (Lipinski definition) is 1. The number of thiazole rings is 1. The average molecular weight is 264 g/mol. The smallest absolute Gasteiger partial charge is 0.304 e. The van der Waals surface area contributed by atoms with E-state index in [4.69, 9.17) is 5.11 Å². The molecule has 0 aliphatic rings. The van der Waals surface area contributed by atoms with Crippen molar-refractivity contribution in [1.29, 1.82) is 0 Å². The van der Waals surface area contributed by atoms with Crippen molar-refractivity contribution in [2.75, 3.05) is 0 Å². The second kappa shape index (κ2) is 3.75. The van der Waals surface area contributed by atoms with E-state index in [0.717, 1.165) is 9.61 Å². The molecule has 0 saturated carbocycles. The van der Waals surface area contributed by atoms with Gasteiger partial charge in [0.2, 0.25) is 0 Å². The molecule has 0 bridgehead atoms. The van der Waals surface area contributed by atoms with Gasteiger partial charge in [0.15, 0.2) is 0 Å². The van der Waals surface area contributed by atoms with E-state index >= 15 is 0 Å². The highest BCUT2D eigenvalue weighted by Crippen LogP contribution is 2.30. The largest absolute Gasteiger partial charge is 0.481 e. The van der Waals surface area contributed by atoms with Crippen molar-refractivity contribution in [3.05, 3.63) is 15.0 Å². The third kappa shape index (κ3) is 2.77. The quantitative estimate of drug-likeness (QED) is 0.913. The molecule has 1 N–H and O–H groups in total. The van der Waals surface area contributed by atoms with Crippen LogP contribution in [0.15, 0.2) is 9.98 Å². The molecule has 0 unspecified atom stereocenters. The Bertz CT molecular complexity index is 322. The van der Waals surface area contributed by atoms with Gasteiger partial charge in [-0.1, -0.05) is 13.8 Å². The number of carboxylic acids is 1. The zero-order chi connectivity index (χ0) is 10.1. The summed E-state index contributed by atoms with van der Waals surface area (Å²) < 4.78 is 0.769. The first kappa shape index (κ1) is 10.7. The van der Waals surface area contributed by atoms with E-state index in [1.54, 1.807) is 0 Å². The molecule has 0 aliphatic heterocycles. The predicted octanol–water partition coefficient (Wildman–Crippen LogP) is 2.66. The number of aromatic nitrogens is 1. The summed E-state index contributed by atoms with van der Waals surface area (Å²) in [6.45, 7) is 3.76. The van der Waals surface area contributed by atoms with Gasteiger partial charge in [-0.05, 0) is 15.9 Å². The minimum absolute atomic E-state index is 0.104. The first-order valence-electron chi connectivity index (χ1n) is 3.75. The van der Waals surface area contributed by atoms with Crippen LogP contribution in [0.25, 0.3) is 0 Å². The Morgan fingerprint density at radius 3 is 2.77 bits per heavy atom. The maximum absolute atomic E-state index is 10.6. The zero-order valence-electron chi connectivity index (χ0n) is 7.37. The third-order valence-electron chi connectivity index (χ3n) is 1.65. The molecule has 13 heavy (non-hydrogen) atoms. The summed E-state index contributed by atoms with van der Waals surface area (Å²) in [6, 6.07) is 0. The van der Waals surface area contributed by atoms with Gasteiger partial charge in [-0.25, -0.2) is 4.98 Å². The van der Waals surface area contributed by atoms with Gasteiger partial charge in [-0.3, -0.25) is 4.79 Å². The van der Waals surface area contributed by atoms with Gasteiger partial charge < -0.3 is 5.11 Å². The van der Waals surface area contributed by atoms with Crippen molar-refractivity contribution in [2.24, 2.45) is 0 Å². The lowest BCUT2D eigenvalue weighted by molar-refractivity contribution is -0.138. The van der Waals surface area contributed by atoms with E-state index < -0.39 is 5.97 Å². The first-order chi connectivity index (χ1) is 5.92. The third-order valence-corrected chi connectivity index (χ3v) is 3.57. The number of hydrogen-bond acceptors (Lipinski definition) is 3. The standard InChI is InChI=1S/C8H10BrNO2S/c1-8(2,3-6(11)12)7-10-5(9)4-13-7/h4H,3H2,1-2H3,(H,11,12). The van der Waals surface area contributed by atoms with Crippen LogP contribution in [0.4, 0.5) is 0 Å². The number of halogens is 1. The Labute approximate surface area is 88.9 Å². The number of rotatable bonds is 3.